The van der Waals surface area contributed by atoms with Gasteiger partial charge in [-0.2, -0.15) is 4.98 Å². The van der Waals surface area contributed by atoms with Crippen LogP contribution < -0.4 is 10.6 Å². The van der Waals surface area contributed by atoms with E-state index < -0.39 is 10.7 Å². The third kappa shape index (κ3) is 3.24. The van der Waals surface area contributed by atoms with Crippen molar-refractivity contribution >= 4 is 39.1 Å². The van der Waals surface area contributed by atoms with Crippen molar-refractivity contribution in [3.8, 4) is 0 Å². The van der Waals surface area contributed by atoms with E-state index in [0.29, 0.717) is 15.7 Å². The Morgan fingerprint density at radius 1 is 1.43 bits per heavy atom. The van der Waals surface area contributed by atoms with Crippen molar-refractivity contribution in [1.82, 2.24) is 9.97 Å². The molecular formula is C12H11BrFN5O2. The van der Waals surface area contributed by atoms with E-state index in [4.69, 9.17) is 0 Å². The van der Waals surface area contributed by atoms with Crippen molar-refractivity contribution in [3.63, 3.8) is 0 Å². The first-order valence-corrected chi connectivity index (χ1v) is 6.63. The van der Waals surface area contributed by atoms with Crippen molar-refractivity contribution in [3.05, 3.63) is 44.3 Å². The van der Waals surface area contributed by atoms with Crippen LogP contribution in [0.2, 0.25) is 0 Å². The molecule has 0 amide bonds. The number of rotatable bonds is 4. The number of aromatic nitrogens is 2. The summed E-state index contributed by atoms with van der Waals surface area (Å²) in [6.07, 6.45) is 1.09. The minimum atomic E-state index is -0.605. The lowest BCUT2D eigenvalue weighted by Gasteiger charge is -2.10. The van der Waals surface area contributed by atoms with Crippen LogP contribution in [0.15, 0.2) is 22.8 Å². The lowest BCUT2D eigenvalue weighted by atomic mass is 10.2. The van der Waals surface area contributed by atoms with Crippen LogP contribution in [0.1, 0.15) is 5.56 Å². The van der Waals surface area contributed by atoms with E-state index in [1.54, 1.807) is 20.0 Å². The first-order chi connectivity index (χ1) is 9.92. The predicted molar refractivity (Wildman–Crippen MR) is 80.4 cm³/mol. The van der Waals surface area contributed by atoms with Crippen LogP contribution >= 0.6 is 15.9 Å². The smallest absolute Gasteiger partial charge is 0.329 e. The van der Waals surface area contributed by atoms with Gasteiger partial charge in [-0.05, 0) is 40.5 Å². The van der Waals surface area contributed by atoms with Crippen LogP contribution in [-0.4, -0.2) is 21.9 Å². The molecule has 0 fully saturated rings. The summed E-state index contributed by atoms with van der Waals surface area (Å²) in [6.45, 7) is 1.75. The van der Waals surface area contributed by atoms with Crippen molar-refractivity contribution in [1.29, 1.82) is 0 Å². The van der Waals surface area contributed by atoms with Gasteiger partial charge >= 0.3 is 5.69 Å². The first kappa shape index (κ1) is 15.1. The monoisotopic (exact) mass is 355 g/mol. The lowest BCUT2D eigenvalue weighted by molar-refractivity contribution is -0.384. The van der Waals surface area contributed by atoms with E-state index in [2.05, 4.69) is 36.5 Å². The molecule has 0 saturated carbocycles. The fourth-order valence-corrected chi connectivity index (χ4v) is 2.09. The van der Waals surface area contributed by atoms with Crippen LogP contribution in [0.25, 0.3) is 0 Å². The standard InChI is InChI=1S/C12H11BrFN5O2/c1-6-3-7(13)8(14)4-9(6)17-11-10(19(20)21)5-16-12(15-2)18-11/h3-5H,1-2H3,(H2,15,16,17,18). The summed E-state index contributed by atoms with van der Waals surface area (Å²) in [5.41, 5.74) is 0.804. The minimum Gasteiger partial charge on any atom is -0.357 e. The molecule has 1 aromatic carbocycles. The number of hydrogen-bond acceptors (Lipinski definition) is 6. The van der Waals surface area contributed by atoms with Crippen LogP contribution in [0.4, 0.5) is 27.5 Å². The average molecular weight is 356 g/mol. The topological polar surface area (TPSA) is 93.0 Å². The fraction of sp³-hybridized carbons (Fsp3) is 0.167. The first-order valence-electron chi connectivity index (χ1n) is 5.84. The van der Waals surface area contributed by atoms with Gasteiger partial charge in [-0.1, -0.05) is 0 Å². The van der Waals surface area contributed by atoms with Crippen molar-refractivity contribution in [2.24, 2.45) is 0 Å². The summed E-state index contributed by atoms with van der Waals surface area (Å²) in [6, 6.07) is 2.81. The molecule has 2 N–H and O–H groups in total. The number of benzene rings is 1. The Bertz CT molecular complexity index is 710. The second-order valence-electron chi connectivity index (χ2n) is 4.14. The number of anilines is 3. The van der Waals surface area contributed by atoms with Gasteiger partial charge in [-0.25, -0.2) is 9.37 Å². The third-order valence-electron chi connectivity index (χ3n) is 2.71. The van der Waals surface area contributed by atoms with E-state index in [9.17, 15) is 14.5 Å². The molecule has 0 saturated heterocycles. The highest BCUT2D eigenvalue weighted by Gasteiger charge is 2.18. The Labute approximate surface area is 127 Å². The Kier molecular flexibility index (Phi) is 4.32. The SMILES string of the molecule is CNc1ncc([N+](=O)[O-])c(Nc2cc(F)c(Br)cc2C)n1. The molecule has 0 unspecified atom stereocenters. The fourth-order valence-electron chi connectivity index (χ4n) is 1.63. The molecule has 0 bridgehead atoms. The number of nitro groups is 1. The molecule has 7 nitrogen and oxygen atoms in total. The van der Waals surface area contributed by atoms with E-state index in [0.717, 1.165) is 6.20 Å². The normalized spacial score (nSPS) is 10.3. The molecular weight excluding hydrogens is 345 g/mol. The van der Waals surface area contributed by atoms with Crippen molar-refractivity contribution in [2.45, 2.75) is 6.92 Å². The molecule has 0 radical (unpaired) electrons. The maximum absolute atomic E-state index is 13.6. The molecule has 21 heavy (non-hydrogen) atoms. The maximum Gasteiger partial charge on any atom is 0.329 e. The predicted octanol–water partition coefficient (Wildman–Crippen LogP) is 3.38. The molecule has 0 spiro atoms. The summed E-state index contributed by atoms with van der Waals surface area (Å²) in [7, 11) is 1.59. The van der Waals surface area contributed by atoms with Gasteiger partial charge in [0.05, 0.1) is 9.40 Å². The van der Waals surface area contributed by atoms with Gasteiger partial charge in [0.15, 0.2) is 0 Å². The van der Waals surface area contributed by atoms with Gasteiger partial charge in [-0.3, -0.25) is 10.1 Å². The van der Waals surface area contributed by atoms with Gasteiger partial charge in [-0.15, -0.1) is 0 Å². The van der Waals surface area contributed by atoms with Crippen LogP contribution in [0.5, 0.6) is 0 Å². The molecule has 2 aromatic rings. The van der Waals surface area contributed by atoms with Gasteiger partial charge in [0.2, 0.25) is 11.8 Å². The molecule has 0 aliphatic rings. The van der Waals surface area contributed by atoms with E-state index in [1.807, 2.05) is 0 Å². The van der Waals surface area contributed by atoms with Gasteiger partial charge in [0.25, 0.3) is 0 Å². The van der Waals surface area contributed by atoms with Gasteiger partial charge < -0.3 is 10.6 Å². The van der Waals surface area contributed by atoms with E-state index in [-0.39, 0.29) is 17.5 Å². The molecule has 2 rings (SSSR count). The number of nitrogens with zero attached hydrogens (tertiary/aromatic N) is 3. The largest absolute Gasteiger partial charge is 0.357 e. The van der Waals surface area contributed by atoms with E-state index >= 15 is 0 Å². The summed E-state index contributed by atoms with van der Waals surface area (Å²) in [4.78, 5) is 18.2. The van der Waals surface area contributed by atoms with E-state index in [1.165, 1.54) is 6.07 Å². The lowest BCUT2D eigenvalue weighted by Crippen LogP contribution is -2.05. The highest BCUT2D eigenvalue weighted by atomic mass is 79.9. The zero-order valence-corrected chi connectivity index (χ0v) is 12.7. The van der Waals surface area contributed by atoms with Crippen LogP contribution in [0.3, 0.4) is 0 Å². The molecule has 9 heteroatoms. The zero-order chi connectivity index (χ0) is 15.6. The Balaban J connectivity index is 2.47. The third-order valence-corrected chi connectivity index (χ3v) is 3.32. The summed E-state index contributed by atoms with van der Waals surface area (Å²) in [5, 5.41) is 16.5. The summed E-state index contributed by atoms with van der Waals surface area (Å²) >= 11 is 3.08. The minimum absolute atomic E-state index is 0.0100. The van der Waals surface area contributed by atoms with Gasteiger partial charge in [0, 0.05) is 12.7 Å². The van der Waals surface area contributed by atoms with Crippen LogP contribution in [-0.2, 0) is 0 Å². The Hall–Kier alpha value is -2.29. The van der Waals surface area contributed by atoms with Crippen molar-refractivity contribution in [2.75, 3.05) is 17.7 Å². The average Bonchev–Trinajstić information content (AvgIpc) is 2.44. The molecule has 1 aromatic heterocycles. The number of halogens is 2. The molecule has 0 aliphatic heterocycles. The number of aryl methyl sites for hydroxylation is 1. The van der Waals surface area contributed by atoms with Crippen molar-refractivity contribution < 1.29 is 9.31 Å². The zero-order valence-electron chi connectivity index (χ0n) is 11.1. The second kappa shape index (κ2) is 6.00. The highest BCUT2D eigenvalue weighted by Crippen LogP contribution is 2.30. The maximum atomic E-state index is 13.6. The summed E-state index contributed by atoms with van der Waals surface area (Å²) < 4.78 is 13.9. The number of nitrogens with one attached hydrogen (secondary N) is 2. The molecule has 0 aliphatic carbocycles. The summed E-state index contributed by atoms with van der Waals surface area (Å²) in [5.74, 6) is -0.267. The second-order valence-corrected chi connectivity index (χ2v) is 5.00. The Morgan fingerprint density at radius 3 is 2.76 bits per heavy atom. The van der Waals surface area contributed by atoms with Gasteiger partial charge in [0.1, 0.15) is 12.0 Å². The number of hydrogen-bond donors (Lipinski definition) is 2. The highest BCUT2D eigenvalue weighted by molar-refractivity contribution is 9.10. The molecule has 0 atom stereocenters. The van der Waals surface area contributed by atoms with Crippen LogP contribution in [0, 0.1) is 22.9 Å². The molecule has 110 valence electrons. The molecule has 1 heterocycles. The Morgan fingerprint density at radius 2 is 2.14 bits per heavy atom. The quantitative estimate of drug-likeness (QED) is 0.644.